The predicted octanol–water partition coefficient (Wildman–Crippen LogP) is 4.49. The zero-order valence-corrected chi connectivity index (χ0v) is 13.6. The van der Waals surface area contributed by atoms with Crippen molar-refractivity contribution < 1.29 is 27.4 Å². The highest BCUT2D eigenvalue weighted by Crippen LogP contribution is 2.27. The Morgan fingerprint density at radius 3 is 2.58 bits per heavy atom. The molecule has 0 aliphatic heterocycles. The highest BCUT2D eigenvalue weighted by atomic mass is 19.4. The van der Waals surface area contributed by atoms with E-state index in [9.17, 15) is 18.0 Å². The number of nitrogens with one attached hydrogen (secondary N) is 1. The number of halogens is 3. The van der Waals surface area contributed by atoms with Gasteiger partial charge in [0.2, 0.25) is 0 Å². The van der Waals surface area contributed by atoms with Gasteiger partial charge in [0.15, 0.2) is 0 Å². The first kappa shape index (κ1) is 17.6. The standard InChI is InChI=1S/C17H14F3N3O3/c1-2-25-16(24)22-13-4-3-5-14-15(13)21-10-23(14)11-6-8-12(9-7-11)26-17(18,19)20/h3-10H,2H2,1H3,(H,22,24). The van der Waals surface area contributed by atoms with Gasteiger partial charge in [-0.25, -0.2) is 9.78 Å². The molecule has 9 heteroatoms. The van der Waals surface area contributed by atoms with Crippen molar-refractivity contribution in [3.8, 4) is 11.4 Å². The summed E-state index contributed by atoms with van der Waals surface area (Å²) in [6, 6.07) is 10.6. The Kier molecular flexibility index (Phi) is 4.70. The number of fused-ring (bicyclic) bond motifs is 1. The van der Waals surface area contributed by atoms with E-state index in [-0.39, 0.29) is 12.4 Å². The molecular formula is C17H14F3N3O3. The Morgan fingerprint density at radius 2 is 1.92 bits per heavy atom. The van der Waals surface area contributed by atoms with E-state index in [1.807, 2.05) is 0 Å². The van der Waals surface area contributed by atoms with Crippen molar-refractivity contribution in [2.24, 2.45) is 0 Å². The van der Waals surface area contributed by atoms with Crippen molar-refractivity contribution in [1.82, 2.24) is 9.55 Å². The van der Waals surface area contributed by atoms with Gasteiger partial charge in [0.1, 0.15) is 17.6 Å². The summed E-state index contributed by atoms with van der Waals surface area (Å²) < 4.78 is 47.1. The SMILES string of the molecule is CCOC(=O)Nc1cccc2c1ncn2-c1ccc(OC(F)(F)F)cc1. The van der Waals surface area contributed by atoms with Gasteiger partial charge in [-0.1, -0.05) is 6.07 Å². The third-order valence-electron chi connectivity index (χ3n) is 3.44. The molecule has 0 fully saturated rings. The molecule has 0 saturated carbocycles. The predicted molar refractivity (Wildman–Crippen MR) is 88.4 cm³/mol. The summed E-state index contributed by atoms with van der Waals surface area (Å²) in [6.07, 6.45) is -3.82. The summed E-state index contributed by atoms with van der Waals surface area (Å²) in [5.74, 6) is -0.310. The number of hydrogen-bond acceptors (Lipinski definition) is 4. The summed E-state index contributed by atoms with van der Waals surface area (Å²) >= 11 is 0. The van der Waals surface area contributed by atoms with E-state index < -0.39 is 12.5 Å². The van der Waals surface area contributed by atoms with Crippen LogP contribution in [0.15, 0.2) is 48.8 Å². The number of aromatic nitrogens is 2. The van der Waals surface area contributed by atoms with Crippen molar-refractivity contribution >= 4 is 22.8 Å². The molecule has 1 heterocycles. The number of benzene rings is 2. The minimum absolute atomic E-state index is 0.239. The average Bonchev–Trinajstić information content (AvgIpc) is 2.99. The van der Waals surface area contributed by atoms with Crippen molar-refractivity contribution in [2.75, 3.05) is 11.9 Å². The fourth-order valence-corrected chi connectivity index (χ4v) is 2.43. The van der Waals surface area contributed by atoms with Crippen LogP contribution in [-0.2, 0) is 4.74 Å². The van der Waals surface area contributed by atoms with E-state index in [0.29, 0.717) is 22.4 Å². The van der Waals surface area contributed by atoms with Crippen LogP contribution >= 0.6 is 0 Å². The Morgan fingerprint density at radius 1 is 1.19 bits per heavy atom. The lowest BCUT2D eigenvalue weighted by atomic mass is 10.2. The monoisotopic (exact) mass is 365 g/mol. The number of alkyl halides is 3. The maximum Gasteiger partial charge on any atom is 0.573 e. The second kappa shape index (κ2) is 6.95. The summed E-state index contributed by atoms with van der Waals surface area (Å²) in [5.41, 5.74) is 2.26. The van der Waals surface area contributed by atoms with E-state index in [4.69, 9.17) is 4.74 Å². The van der Waals surface area contributed by atoms with Crippen molar-refractivity contribution in [3.05, 3.63) is 48.8 Å². The van der Waals surface area contributed by atoms with Crippen LogP contribution in [0.5, 0.6) is 5.75 Å². The number of amides is 1. The molecule has 0 unspecified atom stereocenters. The number of carbonyl (C=O) groups excluding carboxylic acids is 1. The molecular weight excluding hydrogens is 351 g/mol. The van der Waals surface area contributed by atoms with E-state index in [1.165, 1.54) is 30.6 Å². The molecule has 0 spiro atoms. The van der Waals surface area contributed by atoms with Gasteiger partial charge in [-0.2, -0.15) is 0 Å². The van der Waals surface area contributed by atoms with E-state index in [1.54, 1.807) is 29.7 Å². The molecule has 6 nitrogen and oxygen atoms in total. The summed E-state index contributed by atoms with van der Waals surface area (Å²) in [4.78, 5) is 15.9. The van der Waals surface area contributed by atoms with Crippen LogP contribution in [0.4, 0.5) is 23.7 Å². The van der Waals surface area contributed by atoms with Crippen LogP contribution in [0.3, 0.4) is 0 Å². The van der Waals surface area contributed by atoms with Gasteiger partial charge in [-0.3, -0.25) is 9.88 Å². The highest BCUT2D eigenvalue weighted by molar-refractivity contribution is 5.97. The van der Waals surface area contributed by atoms with Crippen LogP contribution in [-0.4, -0.2) is 28.6 Å². The van der Waals surface area contributed by atoms with Crippen LogP contribution < -0.4 is 10.1 Å². The highest BCUT2D eigenvalue weighted by Gasteiger charge is 2.31. The van der Waals surface area contributed by atoms with Gasteiger partial charge in [0.05, 0.1) is 17.8 Å². The van der Waals surface area contributed by atoms with Gasteiger partial charge in [-0.05, 0) is 43.3 Å². The van der Waals surface area contributed by atoms with Gasteiger partial charge in [0.25, 0.3) is 0 Å². The molecule has 3 aromatic rings. The molecule has 136 valence electrons. The number of rotatable bonds is 4. The quantitative estimate of drug-likeness (QED) is 0.740. The number of anilines is 1. The largest absolute Gasteiger partial charge is 0.573 e. The summed E-state index contributed by atoms with van der Waals surface area (Å²) in [6.45, 7) is 1.93. The van der Waals surface area contributed by atoms with Gasteiger partial charge in [-0.15, -0.1) is 13.2 Å². The Hall–Kier alpha value is -3.23. The molecule has 0 saturated heterocycles. The Balaban J connectivity index is 1.90. The summed E-state index contributed by atoms with van der Waals surface area (Å²) in [7, 11) is 0. The molecule has 0 aliphatic rings. The molecule has 26 heavy (non-hydrogen) atoms. The lowest BCUT2D eigenvalue weighted by molar-refractivity contribution is -0.274. The second-order valence-corrected chi connectivity index (χ2v) is 5.18. The van der Waals surface area contributed by atoms with Gasteiger partial charge in [0, 0.05) is 5.69 Å². The van der Waals surface area contributed by atoms with Crippen LogP contribution in [0.25, 0.3) is 16.7 Å². The third kappa shape index (κ3) is 3.88. The second-order valence-electron chi connectivity index (χ2n) is 5.18. The first-order chi connectivity index (χ1) is 12.4. The molecule has 0 bridgehead atoms. The third-order valence-corrected chi connectivity index (χ3v) is 3.44. The molecule has 1 N–H and O–H groups in total. The number of imidazole rings is 1. The van der Waals surface area contributed by atoms with Crippen molar-refractivity contribution in [1.29, 1.82) is 0 Å². The molecule has 0 radical (unpaired) electrons. The number of hydrogen-bond donors (Lipinski definition) is 1. The van der Waals surface area contributed by atoms with Crippen molar-refractivity contribution in [2.45, 2.75) is 13.3 Å². The van der Waals surface area contributed by atoms with Crippen LogP contribution in [0, 0.1) is 0 Å². The molecule has 2 aromatic carbocycles. The maximum absolute atomic E-state index is 12.2. The van der Waals surface area contributed by atoms with Crippen molar-refractivity contribution in [3.63, 3.8) is 0 Å². The topological polar surface area (TPSA) is 65.4 Å². The molecule has 1 aromatic heterocycles. The fourth-order valence-electron chi connectivity index (χ4n) is 2.43. The molecule has 1 amide bonds. The minimum atomic E-state index is -4.74. The Labute approximate surface area is 146 Å². The van der Waals surface area contributed by atoms with Gasteiger partial charge < -0.3 is 9.47 Å². The van der Waals surface area contributed by atoms with E-state index in [0.717, 1.165) is 0 Å². The average molecular weight is 365 g/mol. The summed E-state index contributed by atoms with van der Waals surface area (Å²) in [5, 5.41) is 2.60. The first-order valence-electron chi connectivity index (χ1n) is 7.63. The lowest BCUT2D eigenvalue weighted by Gasteiger charge is -2.10. The lowest BCUT2D eigenvalue weighted by Crippen LogP contribution is -2.17. The molecule has 3 rings (SSSR count). The smallest absolute Gasteiger partial charge is 0.450 e. The molecule has 0 atom stereocenters. The normalized spacial score (nSPS) is 11.4. The molecule has 0 aliphatic carbocycles. The first-order valence-corrected chi connectivity index (χ1v) is 7.63. The Bertz CT molecular complexity index is 920. The van der Waals surface area contributed by atoms with Crippen LogP contribution in [0.1, 0.15) is 6.92 Å². The van der Waals surface area contributed by atoms with Crippen LogP contribution in [0.2, 0.25) is 0 Å². The van der Waals surface area contributed by atoms with Gasteiger partial charge >= 0.3 is 12.5 Å². The zero-order valence-electron chi connectivity index (χ0n) is 13.6. The number of carbonyl (C=O) groups is 1. The minimum Gasteiger partial charge on any atom is -0.450 e. The maximum atomic E-state index is 12.2. The van der Waals surface area contributed by atoms with E-state index >= 15 is 0 Å². The number of nitrogens with zero attached hydrogens (tertiary/aromatic N) is 2. The number of para-hydroxylation sites is 1. The number of ether oxygens (including phenoxy) is 2. The zero-order chi connectivity index (χ0) is 18.7. The van der Waals surface area contributed by atoms with E-state index in [2.05, 4.69) is 15.0 Å². The fraction of sp³-hybridized carbons (Fsp3) is 0.176.